The third kappa shape index (κ3) is 4.82. The molecular formula is C21H26N4O4. The van der Waals surface area contributed by atoms with Crippen LogP contribution in [0.3, 0.4) is 0 Å². The van der Waals surface area contributed by atoms with E-state index in [1.54, 1.807) is 21.7 Å². The standard InChI is InChI=1S/C21H26N4O4/c1-15-7-5-6-8-18(15)19(27)24(14-26)12-16-11-17-13-23(9-10-25(17)22-16)20(28)29-21(2,3)4/h5-8,11,14H,9-10,12-13H2,1-4H3. The molecule has 0 saturated carbocycles. The molecule has 8 nitrogen and oxygen atoms in total. The molecule has 0 N–H and O–H groups in total. The van der Waals surface area contributed by atoms with Crippen molar-refractivity contribution in [1.29, 1.82) is 0 Å². The summed E-state index contributed by atoms with van der Waals surface area (Å²) >= 11 is 0. The van der Waals surface area contributed by atoms with Crippen molar-refractivity contribution in [2.24, 2.45) is 0 Å². The smallest absolute Gasteiger partial charge is 0.410 e. The lowest BCUT2D eigenvalue weighted by molar-refractivity contribution is -0.116. The third-order valence-electron chi connectivity index (χ3n) is 4.60. The third-order valence-corrected chi connectivity index (χ3v) is 4.60. The van der Waals surface area contributed by atoms with Gasteiger partial charge in [0, 0.05) is 12.1 Å². The van der Waals surface area contributed by atoms with E-state index in [4.69, 9.17) is 4.74 Å². The number of ether oxygens (including phenoxy) is 1. The Kier molecular flexibility index (Phi) is 5.72. The molecule has 0 spiro atoms. The second kappa shape index (κ2) is 8.06. The molecule has 154 valence electrons. The number of hydrogen-bond donors (Lipinski definition) is 0. The average Bonchev–Trinajstić information content (AvgIpc) is 3.06. The van der Waals surface area contributed by atoms with Crippen LogP contribution in [0.15, 0.2) is 30.3 Å². The minimum absolute atomic E-state index is 0.0725. The molecule has 0 atom stereocenters. The summed E-state index contributed by atoms with van der Waals surface area (Å²) in [6, 6.07) is 8.96. The van der Waals surface area contributed by atoms with Gasteiger partial charge in [0.25, 0.3) is 5.91 Å². The lowest BCUT2D eigenvalue weighted by Crippen LogP contribution is -2.41. The summed E-state index contributed by atoms with van der Waals surface area (Å²) < 4.78 is 7.23. The number of rotatable bonds is 4. The summed E-state index contributed by atoms with van der Waals surface area (Å²) in [4.78, 5) is 39.3. The first-order valence-electron chi connectivity index (χ1n) is 9.53. The fourth-order valence-corrected chi connectivity index (χ4v) is 3.18. The monoisotopic (exact) mass is 398 g/mol. The molecule has 1 aromatic carbocycles. The highest BCUT2D eigenvalue weighted by molar-refractivity contribution is 6.00. The van der Waals surface area contributed by atoms with Crippen molar-refractivity contribution < 1.29 is 19.1 Å². The molecule has 1 aliphatic rings. The Morgan fingerprint density at radius 3 is 2.62 bits per heavy atom. The van der Waals surface area contributed by atoms with E-state index in [-0.39, 0.29) is 18.5 Å². The largest absolute Gasteiger partial charge is 0.444 e. The molecule has 1 aromatic heterocycles. The maximum atomic E-state index is 12.7. The fraction of sp³-hybridized carbons (Fsp3) is 0.429. The van der Waals surface area contributed by atoms with Crippen molar-refractivity contribution in [2.75, 3.05) is 6.54 Å². The lowest BCUT2D eigenvalue weighted by Gasteiger charge is -2.30. The molecule has 0 fully saturated rings. The van der Waals surface area contributed by atoms with Gasteiger partial charge in [-0.2, -0.15) is 5.10 Å². The lowest BCUT2D eigenvalue weighted by atomic mass is 10.1. The van der Waals surface area contributed by atoms with E-state index >= 15 is 0 Å². The van der Waals surface area contributed by atoms with Gasteiger partial charge in [-0.05, 0) is 45.4 Å². The first kappa shape index (κ1) is 20.6. The van der Waals surface area contributed by atoms with E-state index in [1.807, 2.05) is 45.9 Å². The summed E-state index contributed by atoms with van der Waals surface area (Å²) in [5.74, 6) is -0.362. The number of nitrogens with zero attached hydrogens (tertiary/aromatic N) is 4. The minimum atomic E-state index is -0.555. The Bertz CT molecular complexity index is 929. The average molecular weight is 398 g/mol. The van der Waals surface area contributed by atoms with Gasteiger partial charge in [-0.25, -0.2) is 4.79 Å². The Balaban J connectivity index is 1.71. The van der Waals surface area contributed by atoms with Gasteiger partial charge < -0.3 is 9.64 Å². The Morgan fingerprint density at radius 2 is 1.97 bits per heavy atom. The van der Waals surface area contributed by atoms with Crippen LogP contribution in [0.4, 0.5) is 4.79 Å². The van der Waals surface area contributed by atoms with Crippen LogP contribution < -0.4 is 0 Å². The Morgan fingerprint density at radius 1 is 1.24 bits per heavy atom. The summed E-state index contributed by atoms with van der Waals surface area (Å²) in [6.45, 7) is 8.78. The van der Waals surface area contributed by atoms with Crippen molar-refractivity contribution in [1.82, 2.24) is 19.6 Å². The SMILES string of the molecule is Cc1ccccc1C(=O)N(C=O)Cc1cc2n(n1)CCN(C(=O)OC(C)(C)C)C2. The summed E-state index contributed by atoms with van der Waals surface area (Å²) in [5, 5.41) is 4.49. The number of aryl methyl sites for hydroxylation is 1. The van der Waals surface area contributed by atoms with Gasteiger partial charge in [-0.15, -0.1) is 0 Å². The molecular weight excluding hydrogens is 372 g/mol. The van der Waals surface area contributed by atoms with Gasteiger partial charge in [0.15, 0.2) is 0 Å². The number of amides is 3. The molecule has 2 heterocycles. The number of carbonyl (C=O) groups excluding carboxylic acids is 3. The highest BCUT2D eigenvalue weighted by Gasteiger charge is 2.27. The van der Waals surface area contributed by atoms with E-state index in [9.17, 15) is 14.4 Å². The maximum Gasteiger partial charge on any atom is 0.410 e. The van der Waals surface area contributed by atoms with Crippen LogP contribution in [-0.2, 0) is 29.2 Å². The maximum absolute atomic E-state index is 12.7. The number of hydrogen-bond acceptors (Lipinski definition) is 5. The van der Waals surface area contributed by atoms with Crippen LogP contribution in [0.5, 0.6) is 0 Å². The first-order chi connectivity index (χ1) is 13.7. The highest BCUT2D eigenvalue weighted by atomic mass is 16.6. The normalized spacial score (nSPS) is 13.6. The number of fused-ring (bicyclic) bond motifs is 1. The van der Waals surface area contributed by atoms with Crippen molar-refractivity contribution in [3.63, 3.8) is 0 Å². The topological polar surface area (TPSA) is 84.7 Å². The summed E-state index contributed by atoms with van der Waals surface area (Å²) in [6.07, 6.45) is 0.163. The molecule has 0 bridgehead atoms. The molecule has 2 aromatic rings. The van der Waals surface area contributed by atoms with Crippen molar-refractivity contribution in [3.05, 3.63) is 52.8 Å². The van der Waals surface area contributed by atoms with Gasteiger partial charge in [0.05, 0.1) is 31.0 Å². The van der Waals surface area contributed by atoms with E-state index < -0.39 is 5.60 Å². The molecule has 8 heteroatoms. The molecule has 0 aliphatic carbocycles. The van der Waals surface area contributed by atoms with Crippen LogP contribution in [0.25, 0.3) is 0 Å². The van der Waals surface area contributed by atoms with Crippen LogP contribution >= 0.6 is 0 Å². The van der Waals surface area contributed by atoms with Crippen LogP contribution in [0.1, 0.15) is 48.1 Å². The quantitative estimate of drug-likeness (QED) is 0.740. The fourth-order valence-electron chi connectivity index (χ4n) is 3.18. The molecule has 1 aliphatic heterocycles. The molecule has 0 unspecified atom stereocenters. The zero-order valence-electron chi connectivity index (χ0n) is 17.2. The molecule has 0 radical (unpaired) electrons. The van der Waals surface area contributed by atoms with Gasteiger partial charge in [-0.1, -0.05) is 18.2 Å². The number of aromatic nitrogens is 2. The number of carbonyl (C=O) groups is 3. The number of imide groups is 1. The van der Waals surface area contributed by atoms with E-state index in [2.05, 4.69) is 5.10 Å². The van der Waals surface area contributed by atoms with Crippen molar-refractivity contribution >= 4 is 18.4 Å². The Hall–Kier alpha value is -3.16. The zero-order chi connectivity index (χ0) is 21.2. The molecule has 3 amide bonds. The van der Waals surface area contributed by atoms with Gasteiger partial charge >= 0.3 is 6.09 Å². The second-order valence-corrected chi connectivity index (χ2v) is 8.11. The van der Waals surface area contributed by atoms with Crippen molar-refractivity contribution in [3.8, 4) is 0 Å². The zero-order valence-corrected chi connectivity index (χ0v) is 17.2. The molecule has 3 rings (SSSR count). The van der Waals surface area contributed by atoms with E-state index in [0.29, 0.717) is 37.3 Å². The predicted molar refractivity (Wildman–Crippen MR) is 106 cm³/mol. The van der Waals surface area contributed by atoms with Crippen LogP contribution in [-0.4, -0.2) is 50.1 Å². The summed E-state index contributed by atoms with van der Waals surface area (Å²) in [7, 11) is 0. The van der Waals surface area contributed by atoms with Crippen LogP contribution in [0.2, 0.25) is 0 Å². The van der Waals surface area contributed by atoms with E-state index in [1.165, 1.54) is 0 Å². The first-order valence-corrected chi connectivity index (χ1v) is 9.53. The highest BCUT2D eigenvalue weighted by Crippen LogP contribution is 2.19. The molecule has 0 saturated heterocycles. The van der Waals surface area contributed by atoms with E-state index in [0.717, 1.165) is 16.2 Å². The van der Waals surface area contributed by atoms with Crippen LogP contribution in [0, 0.1) is 6.92 Å². The predicted octanol–water partition coefficient (Wildman–Crippen LogP) is 2.74. The Labute approximate surface area is 170 Å². The van der Waals surface area contributed by atoms with Gasteiger partial charge in [0.2, 0.25) is 6.41 Å². The number of benzene rings is 1. The molecule has 29 heavy (non-hydrogen) atoms. The van der Waals surface area contributed by atoms with Crippen molar-refractivity contribution in [2.45, 2.75) is 52.9 Å². The minimum Gasteiger partial charge on any atom is -0.444 e. The van der Waals surface area contributed by atoms with Gasteiger partial charge in [-0.3, -0.25) is 19.2 Å². The summed E-state index contributed by atoms with van der Waals surface area (Å²) in [5.41, 5.74) is 2.17. The second-order valence-electron chi connectivity index (χ2n) is 8.11. The van der Waals surface area contributed by atoms with Gasteiger partial charge in [0.1, 0.15) is 5.60 Å².